The predicted molar refractivity (Wildman–Crippen MR) is 183 cm³/mol. The van der Waals surface area contributed by atoms with Crippen LogP contribution in [0.25, 0.3) is 0 Å². The summed E-state index contributed by atoms with van der Waals surface area (Å²) in [5.41, 5.74) is 1.77. The number of likely N-dealkylation sites (tertiary alicyclic amines) is 1. The molecule has 1 heterocycles. The van der Waals surface area contributed by atoms with Crippen molar-refractivity contribution in [1.82, 2.24) is 4.90 Å². The summed E-state index contributed by atoms with van der Waals surface area (Å²) in [7, 11) is 0. The number of amides is 1. The third kappa shape index (κ3) is 9.07. The number of ether oxygens (including phenoxy) is 3. The first-order chi connectivity index (χ1) is 21.6. The van der Waals surface area contributed by atoms with Crippen LogP contribution >= 0.6 is 23.4 Å². The van der Waals surface area contributed by atoms with Gasteiger partial charge in [0, 0.05) is 34.5 Å². The molecule has 9 heteroatoms. The van der Waals surface area contributed by atoms with Crippen molar-refractivity contribution in [3.8, 4) is 11.5 Å². The molecule has 3 aromatic rings. The van der Waals surface area contributed by atoms with Crippen LogP contribution < -0.4 is 9.47 Å². The van der Waals surface area contributed by atoms with E-state index >= 15 is 0 Å². The van der Waals surface area contributed by atoms with Crippen molar-refractivity contribution in [2.75, 3.05) is 19.3 Å². The molecule has 1 aliphatic rings. The molecule has 0 radical (unpaired) electrons. The van der Waals surface area contributed by atoms with Crippen LogP contribution in [-0.4, -0.2) is 53.3 Å². The van der Waals surface area contributed by atoms with Gasteiger partial charge >= 0.3 is 12.1 Å². The predicted octanol–water partition coefficient (Wildman–Crippen LogP) is 8.74. The maximum Gasteiger partial charge on any atom is 0.415 e. The van der Waals surface area contributed by atoms with Crippen molar-refractivity contribution >= 4 is 41.2 Å². The molecule has 4 rings (SSSR count). The van der Waals surface area contributed by atoms with Crippen molar-refractivity contribution in [3.63, 3.8) is 0 Å². The van der Waals surface area contributed by atoms with E-state index in [9.17, 15) is 14.4 Å². The van der Waals surface area contributed by atoms with Gasteiger partial charge in [0.25, 0.3) is 0 Å². The molecule has 1 amide bonds. The van der Waals surface area contributed by atoms with E-state index in [4.69, 9.17) is 25.8 Å². The Bertz CT molecular complexity index is 1540. The lowest BCUT2D eigenvalue weighted by atomic mass is 9.84. The summed E-state index contributed by atoms with van der Waals surface area (Å²) in [4.78, 5) is 42.5. The summed E-state index contributed by atoms with van der Waals surface area (Å²) in [6, 6.07) is 18.4. The third-order valence-corrected chi connectivity index (χ3v) is 9.00. The third-order valence-electron chi connectivity index (χ3n) is 8.00. The average Bonchev–Trinajstić information content (AvgIpc) is 3.42. The first-order valence-electron chi connectivity index (χ1n) is 15.5. The smallest absolute Gasteiger partial charge is 0.415 e. The summed E-state index contributed by atoms with van der Waals surface area (Å²) in [5, 5.41) is 0.552. The first kappa shape index (κ1) is 35.4. The van der Waals surface area contributed by atoms with Gasteiger partial charge in [-0.25, -0.2) is 9.59 Å². The van der Waals surface area contributed by atoms with Crippen LogP contribution in [0.15, 0.2) is 65.6 Å². The van der Waals surface area contributed by atoms with Gasteiger partial charge in [0.15, 0.2) is 11.4 Å². The number of halogens is 1. The topological polar surface area (TPSA) is 82.1 Å². The van der Waals surface area contributed by atoms with Gasteiger partial charge in [-0.3, -0.25) is 4.79 Å². The molecule has 0 bridgehead atoms. The van der Waals surface area contributed by atoms with E-state index in [-0.39, 0.29) is 24.2 Å². The van der Waals surface area contributed by atoms with Gasteiger partial charge in [-0.05, 0) is 127 Å². The van der Waals surface area contributed by atoms with Crippen LogP contribution in [0, 0.1) is 25.7 Å². The van der Waals surface area contributed by atoms with Crippen molar-refractivity contribution in [1.29, 1.82) is 0 Å². The lowest BCUT2D eigenvalue weighted by Crippen LogP contribution is -2.43. The summed E-state index contributed by atoms with van der Waals surface area (Å²) < 4.78 is 17.4. The largest absolute Gasteiger partial charge is 0.476 e. The van der Waals surface area contributed by atoms with Crippen molar-refractivity contribution in [3.05, 3.63) is 87.9 Å². The standard InChI is InChI=1S/C37H44ClNO6S/c1-23-19-25(20-24(2)33(23)44-37(6,7)34(41)45-36(3,4)5)9-10-27-21-39(35(42)43-29-15-13-28(38)14-16-29)22-31(27)32(40)26-11-17-30(46-8)18-12-26/h11-20,27,31H,9-10,21-22H2,1-8H3. The fourth-order valence-corrected chi connectivity index (χ4v) is 6.18. The Labute approximate surface area is 281 Å². The minimum absolute atomic E-state index is 0.0277. The molecule has 0 N–H and O–H groups in total. The second kappa shape index (κ2) is 14.5. The minimum atomic E-state index is -1.17. The highest BCUT2D eigenvalue weighted by molar-refractivity contribution is 7.98. The summed E-state index contributed by atoms with van der Waals surface area (Å²) in [5.74, 6) is 0.224. The number of carbonyl (C=O) groups excluding carboxylic acids is 3. The lowest BCUT2D eigenvalue weighted by molar-refractivity contribution is -0.171. The second-order valence-corrected chi connectivity index (χ2v) is 14.7. The molecule has 1 fully saturated rings. The van der Waals surface area contributed by atoms with E-state index in [1.165, 1.54) is 0 Å². The highest BCUT2D eigenvalue weighted by Crippen LogP contribution is 2.34. The van der Waals surface area contributed by atoms with Crippen LogP contribution in [0.2, 0.25) is 5.02 Å². The van der Waals surface area contributed by atoms with Gasteiger partial charge in [0.2, 0.25) is 0 Å². The Balaban J connectivity index is 1.50. The number of hydrogen-bond donors (Lipinski definition) is 0. The van der Waals surface area contributed by atoms with Crippen molar-refractivity contribution in [2.45, 2.75) is 77.4 Å². The van der Waals surface area contributed by atoms with Gasteiger partial charge < -0.3 is 19.1 Å². The van der Waals surface area contributed by atoms with Crippen LogP contribution in [0.1, 0.15) is 68.1 Å². The van der Waals surface area contributed by atoms with Crippen LogP contribution in [0.5, 0.6) is 11.5 Å². The SMILES string of the molecule is CSc1ccc(C(=O)C2CN(C(=O)Oc3ccc(Cl)cc3)CC2CCc2cc(C)c(OC(C)(C)C(=O)OC(C)(C)C)c(C)c2)cc1. The Morgan fingerprint density at radius 3 is 2.09 bits per heavy atom. The molecule has 0 saturated carbocycles. The van der Waals surface area contributed by atoms with E-state index in [0.717, 1.165) is 21.6 Å². The number of benzene rings is 3. The number of ketones is 1. The van der Waals surface area contributed by atoms with Crippen LogP contribution in [0.4, 0.5) is 4.79 Å². The molecular weight excluding hydrogens is 622 g/mol. The summed E-state index contributed by atoms with van der Waals surface area (Å²) in [6.45, 7) is 13.5. The van der Waals surface area contributed by atoms with Crippen molar-refractivity contribution in [2.24, 2.45) is 11.8 Å². The zero-order valence-electron chi connectivity index (χ0n) is 27.9. The number of hydrogen-bond acceptors (Lipinski definition) is 7. The fourth-order valence-electron chi connectivity index (χ4n) is 5.64. The van der Waals surface area contributed by atoms with Crippen LogP contribution in [-0.2, 0) is 16.0 Å². The van der Waals surface area contributed by atoms with Crippen molar-refractivity contribution < 1.29 is 28.6 Å². The molecule has 2 atom stereocenters. The molecular formula is C37H44ClNO6S. The molecule has 3 aromatic carbocycles. The van der Waals surface area contributed by atoms with E-state index in [0.29, 0.717) is 41.5 Å². The lowest BCUT2D eigenvalue weighted by Gasteiger charge is -2.30. The molecule has 46 heavy (non-hydrogen) atoms. The molecule has 0 aliphatic carbocycles. The first-order valence-corrected chi connectivity index (χ1v) is 17.1. The highest BCUT2D eigenvalue weighted by atomic mass is 35.5. The maximum absolute atomic E-state index is 13.8. The van der Waals surface area contributed by atoms with Crippen LogP contribution in [0.3, 0.4) is 0 Å². The molecule has 1 saturated heterocycles. The Kier molecular flexibility index (Phi) is 11.2. The van der Waals surface area contributed by atoms with Gasteiger partial charge in [0.05, 0.1) is 0 Å². The zero-order valence-corrected chi connectivity index (χ0v) is 29.5. The Morgan fingerprint density at radius 1 is 0.913 bits per heavy atom. The minimum Gasteiger partial charge on any atom is -0.476 e. The number of esters is 1. The molecule has 7 nitrogen and oxygen atoms in total. The van der Waals surface area contributed by atoms with Gasteiger partial charge in [-0.1, -0.05) is 35.9 Å². The number of nitrogens with zero attached hydrogens (tertiary/aromatic N) is 1. The second-order valence-electron chi connectivity index (χ2n) is 13.4. The number of thioether (sulfide) groups is 1. The van der Waals surface area contributed by atoms with E-state index in [1.54, 1.807) is 54.8 Å². The summed E-state index contributed by atoms with van der Waals surface area (Å²) in [6.07, 6.45) is 2.92. The highest BCUT2D eigenvalue weighted by Gasteiger charge is 2.40. The molecule has 0 spiro atoms. The average molecular weight is 666 g/mol. The monoisotopic (exact) mass is 665 g/mol. The zero-order chi connectivity index (χ0) is 33.8. The number of Topliss-reactive ketones (excluding diaryl/α,β-unsaturated/α-hetero) is 1. The number of carbonyl (C=O) groups is 3. The van der Waals surface area contributed by atoms with Gasteiger partial charge in [-0.2, -0.15) is 0 Å². The normalized spacial score (nSPS) is 16.7. The fraction of sp³-hybridized carbons (Fsp3) is 0.432. The van der Waals surface area contributed by atoms with E-state index in [1.807, 2.05) is 65.1 Å². The van der Waals surface area contributed by atoms with Gasteiger partial charge in [-0.15, -0.1) is 11.8 Å². The summed E-state index contributed by atoms with van der Waals surface area (Å²) >= 11 is 7.61. The Hall–Kier alpha value is -3.49. The van der Waals surface area contributed by atoms with E-state index < -0.39 is 23.3 Å². The molecule has 2 unspecified atom stereocenters. The number of aryl methyl sites for hydroxylation is 3. The maximum atomic E-state index is 13.8. The quantitative estimate of drug-likeness (QED) is 0.122. The molecule has 0 aromatic heterocycles. The molecule has 1 aliphatic heterocycles. The Morgan fingerprint density at radius 2 is 1.52 bits per heavy atom. The molecule has 246 valence electrons. The number of rotatable bonds is 10. The van der Waals surface area contributed by atoms with Gasteiger partial charge in [0.1, 0.15) is 17.1 Å². The van der Waals surface area contributed by atoms with E-state index in [2.05, 4.69) is 12.1 Å².